The molecule has 7 nitrogen and oxygen atoms in total. The third-order valence-corrected chi connectivity index (χ3v) is 3.53. The summed E-state index contributed by atoms with van der Waals surface area (Å²) in [4.78, 5) is 23.6. The molecule has 0 amide bonds. The van der Waals surface area contributed by atoms with Gasteiger partial charge >= 0.3 is 11.7 Å². The zero-order valence-electron chi connectivity index (χ0n) is 11.7. The highest BCUT2D eigenvalue weighted by atomic mass is 16.6. The van der Waals surface area contributed by atoms with Crippen LogP contribution in [0.2, 0.25) is 0 Å². The van der Waals surface area contributed by atoms with Crippen LogP contribution in [0.3, 0.4) is 0 Å². The van der Waals surface area contributed by atoms with E-state index in [9.17, 15) is 14.9 Å². The van der Waals surface area contributed by atoms with E-state index in [1.807, 2.05) is 0 Å². The molecule has 1 aliphatic rings. The van der Waals surface area contributed by atoms with E-state index in [-0.39, 0.29) is 11.3 Å². The molecule has 1 fully saturated rings. The molecule has 2 rings (SSSR count). The van der Waals surface area contributed by atoms with Gasteiger partial charge in [-0.15, -0.1) is 0 Å². The number of benzene rings is 1. The summed E-state index contributed by atoms with van der Waals surface area (Å²) < 4.78 is 5.45. The second-order valence-electron chi connectivity index (χ2n) is 4.97. The summed E-state index contributed by atoms with van der Waals surface area (Å²) in [6.45, 7) is 3.03. The molecule has 1 aliphatic heterocycles. The number of ether oxygens (including phenoxy) is 1. The fraction of sp³-hybridized carbons (Fsp3) is 0.500. The molecule has 1 aromatic carbocycles. The van der Waals surface area contributed by atoms with Gasteiger partial charge in [-0.1, -0.05) is 12.5 Å². The van der Waals surface area contributed by atoms with Gasteiger partial charge in [0.2, 0.25) is 0 Å². The number of carboxylic acid groups (broad SMARTS) is 1. The number of carboxylic acids is 1. The lowest BCUT2D eigenvalue weighted by molar-refractivity contribution is -0.386. The topological polar surface area (TPSA) is 92.9 Å². The van der Waals surface area contributed by atoms with Gasteiger partial charge in [0.25, 0.3) is 0 Å². The van der Waals surface area contributed by atoms with Gasteiger partial charge in [0.15, 0.2) is 5.75 Å². The second kappa shape index (κ2) is 7.03. The van der Waals surface area contributed by atoms with Crippen molar-refractivity contribution in [1.82, 2.24) is 4.90 Å². The van der Waals surface area contributed by atoms with Crippen LogP contribution in [-0.2, 0) is 0 Å². The number of carbonyl (C=O) groups is 1. The highest BCUT2D eigenvalue weighted by molar-refractivity contribution is 5.93. The fourth-order valence-electron chi connectivity index (χ4n) is 2.47. The van der Waals surface area contributed by atoms with E-state index in [4.69, 9.17) is 9.84 Å². The molecule has 0 saturated carbocycles. The molecule has 0 atom stereocenters. The number of hydrogen-bond donors (Lipinski definition) is 1. The van der Waals surface area contributed by atoms with E-state index in [2.05, 4.69) is 4.90 Å². The molecule has 0 aromatic heterocycles. The number of rotatable bonds is 6. The van der Waals surface area contributed by atoms with Crippen molar-refractivity contribution in [2.24, 2.45) is 0 Å². The number of nitrogens with zero attached hydrogens (tertiary/aromatic N) is 2. The number of likely N-dealkylation sites (tertiary alicyclic amines) is 1. The van der Waals surface area contributed by atoms with Crippen LogP contribution in [0.15, 0.2) is 18.2 Å². The average Bonchev–Trinajstić information content (AvgIpc) is 2.47. The molecular weight excluding hydrogens is 276 g/mol. The third kappa shape index (κ3) is 3.91. The maximum Gasteiger partial charge on any atom is 0.342 e. The molecule has 1 aromatic rings. The number of piperidine rings is 1. The standard InChI is InChI=1S/C14H18N2O5/c17-14(18)11-5-4-6-12(13(11)16(19)20)21-10-9-15-7-2-1-3-8-15/h4-6H,1-3,7-10H2,(H,17,18). The van der Waals surface area contributed by atoms with Crippen LogP contribution in [0, 0.1) is 10.1 Å². The van der Waals surface area contributed by atoms with Gasteiger partial charge in [-0.05, 0) is 38.1 Å². The number of para-hydroxylation sites is 1. The Labute approximate surface area is 122 Å². The third-order valence-electron chi connectivity index (χ3n) is 3.53. The van der Waals surface area contributed by atoms with Gasteiger partial charge in [-0.25, -0.2) is 4.79 Å². The number of nitro benzene ring substituents is 1. The van der Waals surface area contributed by atoms with Crippen molar-refractivity contribution in [3.8, 4) is 5.75 Å². The van der Waals surface area contributed by atoms with Crippen LogP contribution >= 0.6 is 0 Å². The maximum absolute atomic E-state index is 11.1. The molecule has 1 N–H and O–H groups in total. The van der Waals surface area contributed by atoms with Crippen molar-refractivity contribution in [2.45, 2.75) is 19.3 Å². The van der Waals surface area contributed by atoms with Gasteiger partial charge in [-0.2, -0.15) is 0 Å². The van der Waals surface area contributed by atoms with Crippen LogP contribution < -0.4 is 4.74 Å². The predicted molar refractivity (Wildman–Crippen MR) is 75.8 cm³/mol. The minimum atomic E-state index is -1.33. The molecule has 21 heavy (non-hydrogen) atoms. The molecule has 7 heteroatoms. The maximum atomic E-state index is 11.1. The Bertz CT molecular complexity index is 526. The van der Waals surface area contributed by atoms with Gasteiger partial charge in [0.1, 0.15) is 12.2 Å². The summed E-state index contributed by atoms with van der Waals surface area (Å²) in [6, 6.07) is 4.09. The van der Waals surface area contributed by atoms with Crippen molar-refractivity contribution in [3.63, 3.8) is 0 Å². The molecule has 0 aliphatic carbocycles. The van der Waals surface area contributed by atoms with Crippen molar-refractivity contribution >= 4 is 11.7 Å². The van der Waals surface area contributed by atoms with Crippen LogP contribution in [0.5, 0.6) is 5.75 Å². The monoisotopic (exact) mass is 294 g/mol. The van der Waals surface area contributed by atoms with E-state index < -0.39 is 16.6 Å². The van der Waals surface area contributed by atoms with Crippen molar-refractivity contribution in [3.05, 3.63) is 33.9 Å². The molecule has 1 heterocycles. The van der Waals surface area contributed by atoms with E-state index in [1.54, 1.807) is 0 Å². The first-order chi connectivity index (χ1) is 10.1. The first-order valence-corrected chi connectivity index (χ1v) is 6.95. The van der Waals surface area contributed by atoms with E-state index in [0.29, 0.717) is 13.2 Å². The van der Waals surface area contributed by atoms with E-state index in [1.165, 1.54) is 24.6 Å². The average molecular weight is 294 g/mol. The van der Waals surface area contributed by atoms with Gasteiger partial charge in [-0.3, -0.25) is 15.0 Å². The minimum Gasteiger partial charge on any atom is -0.485 e. The van der Waals surface area contributed by atoms with Crippen LogP contribution in [0.4, 0.5) is 5.69 Å². The SMILES string of the molecule is O=C(O)c1cccc(OCCN2CCCCC2)c1[N+](=O)[O-]. The van der Waals surface area contributed by atoms with Crippen molar-refractivity contribution in [2.75, 3.05) is 26.2 Å². The smallest absolute Gasteiger partial charge is 0.342 e. The second-order valence-corrected chi connectivity index (χ2v) is 4.97. The fourth-order valence-corrected chi connectivity index (χ4v) is 2.47. The molecule has 1 saturated heterocycles. The Morgan fingerprint density at radius 2 is 2.05 bits per heavy atom. The van der Waals surface area contributed by atoms with Crippen molar-refractivity contribution in [1.29, 1.82) is 0 Å². The van der Waals surface area contributed by atoms with Crippen LogP contribution in [-0.4, -0.2) is 47.1 Å². The Kier molecular flexibility index (Phi) is 5.10. The largest absolute Gasteiger partial charge is 0.485 e. The summed E-state index contributed by atoms with van der Waals surface area (Å²) in [5.74, 6) is -1.32. The van der Waals surface area contributed by atoms with Crippen LogP contribution in [0.1, 0.15) is 29.6 Å². The molecule has 114 valence electrons. The van der Waals surface area contributed by atoms with Gasteiger partial charge in [0.05, 0.1) is 4.92 Å². The van der Waals surface area contributed by atoms with Gasteiger partial charge in [0, 0.05) is 6.54 Å². The zero-order chi connectivity index (χ0) is 15.2. The Morgan fingerprint density at radius 3 is 2.67 bits per heavy atom. The lowest BCUT2D eigenvalue weighted by Crippen LogP contribution is -2.33. The number of nitro groups is 1. The number of hydrogen-bond acceptors (Lipinski definition) is 5. The first kappa shape index (κ1) is 15.2. The summed E-state index contributed by atoms with van der Waals surface area (Å²) in [7, 11) is 0. The quantitative estimate of drug-likeness (QED) is 0.638. The Morgan fingerprint density at radius 1 is 1.33 bits per heavy atom. The predicted octanol–water partition coefficient (Wildman–Crippen LogP) is 2.16. The lowest BCUT2D eigenvalue weighted by Gasteiger charge is -2.26. The van der Waals surface area contributed by atoms with Crippen LogP contribution in [0.25, 0.3) is 0 Å². The zero-order valence-corrected chi connectivity index (χ0v) is 11.7. The summed E-state index contributed by atoms with van der Waals surface area (Å²) in [5, 5.41) is 20.1. The normalized spacial score (nSPS) is 15.6. The number of aromatic carboxylic acids is 1. The van der Waals surface area contributed by atoms with Gasteiger partial charge < -0.3 is 9.84 Å². The first-order valence-electron chi connectivity index (χ1n) is 6.95. The molecule has 0 bridgehead atoms. The van der Waals surface area contributed by atoms with E-state index in [0.717, 1.165) is 25.9 Å². The minimum absolute atomic E-state index is 0.0110. The highest BCUT2D eigenvalue weighted by Gasteiger charge is 2.25. The van der Waals surface area contributed by atoms with E-state index >= 15 is 0 Å². The molecular formula is C14H18N2O5. The summed E-state index contributed by atoms with van der Waals surface area (Å²) >= 11 is 0. The highest BCUT2D eigenvalue weighted by Crippen LogP contribution is 2.30. The summed E-state index contributed by atoms with van der Waals surface area (Å²) in [5.41, 5.74) is -0.834. The molecule has 0 radical (unpaired) electrons. The van der Waals surface area contributed by atoms with Crippen molar-refractivity contribution < 1.29 is 19.6 Å². The summed E-state index contributed by atoms with van der Waals surface area (Å²) in [6.07, 6.45) is 3.56. The Balaban J connectivity index is 2.03. The molecule has 0 unspecified atom stereocenters. The molecule has 0 spiro atoms. The lowest BCUT2D eigenvalue weighted by atomic mass is 10.1. The Hall–Kier alpha value is -2.15.